The predicted molar refractivity (Wildman–Crippen MR) is 208 cm³/mol. The second kappa shape index (κ2) is 13.7. The highest BCUT2D eigenvalue weighted by molar-refractivity contribution is 7.18. The Morgan fingerprint density at radius 2 is 1.61 bits per heavy atom. The first-order valence-electron chi connectivity index (χ1n) is 17.7. The zero-order chi connectivity index (χ0) is 37.0. The van der Waals surface area contributed by atoms with Crippen molar-refractivity contribution in [2.24, 2.45) is 5.41 Å². The third-order valence-corrected chi connectivity index (χ3v) is 12.5. The predicted octanol–water partition coefficient (Wildman–Crippen LogP) is 8.63. The fourth-order valence-corrected chi connectivity index (χ4v) is 9.49. The first-order chi connectivity index (χ1) is 26.2. The Morgan fingerprint density at radius 3 is 2.39 bits per heavy atom. The van der Waals surface area contributed by atoms with Gasteiger partial charge < -0.3 is 25.2 Å². The van der Waals surface area contributed by atoms with E-state index in [0.717, 1.165) is 77.5 Å². The number of benzene rings is 3. The number of hydrogen-bond donors (Lipinski definition) is 2. The summed E-state index contributed by atoms with van der Waals surface area (Å²) in [5.74, 6) is -2.12. The molecule has 1 spiro atoms. The van der Waals surface area contributed by atoms with Gasteiger partial charge in [-0.25, -0.2) is 13.8 Å². The molecule has 3 aromatic carbocycles. The van der Waals surface area contributed by atoms with Crippen LogP contribution in [0.3, 0.4) is 0 Å². The molecule has 6 heterocycles. The Balaban J connectivity index is 0.921. The lowest BCUT2D eigenvalue weighted by atomic mass is 9.73. The van der Waals surface area contributed by atoms with Crippen LogP contribution in [0.25, 0.3) is 20.7 Å². The van der Waals surface area contributed by atoms with Crippen molar-refractivity contribution >= 4 is 73.5 Å². The highest BCUT2D eigenvalue weighted by atomic mass is 32.1. The van der Waals surface area contributed by atoms with E-state index in [1.807, 2.05) is 41.8 Å². The lowest BCUT2D eigenvalue weighted by Crippen LogP contribution is -2.59. The van der Waals surface area contributed by atoms with Crippen LogP contribution in [0.15, 0.2) is 90.3 Å². The Hall–Kier alpha value is -5.50. The first-order valence-corrected chi connectivity index (χ1v) is 19.4. The number of hydrogen-bond acceptors (Lipinski definition) is 8. The average Bonchev–Trinajstić information content (AvgIpc) is 3.79. The maximum absolute atomic E-state index is 14.2. The molecule has 3 aliphatic rings. The van der Waals surface area contributed by atoms with Crippen molar-refractivity contribution < 1.29 is 27.9 Å². The maximum atomic E-state index is 14.2. The summed E-state index contributed by atoms with van der Waals surface area (Å²) in [6.07, 6.45) is 2.48. The molecule has 2 saturated heterocycles. The number of halogens is 2. The quantitative estimate of drug-likeness (QED) is 0.176. The van der Waals surface area contributed by atoms with Gasteiger partial charge in [0.1, 0.15) is 23.1 Å². The molecule has 54 heavy (non-hydrogen) atoms. The van der Waals surface area contributed by atoms with Crippen molar-refractivity contribution in [3.8, 4) is 10.4 Å². The van der Waals surface area contributed by atoms with Crippen LogP contribution in [0, 0.1) is 17.0 Å². The van der Waals surface area contributed by atoms with Gasteiger partial charge in [0.2, 0.25) is 0 Å². The molecule has 0 aliphatic carbocycles. The fourth-order valence-electron chi connectivity index (χ4n) is 7.59. The maximum Gasteiger partial charge on any atom is 0.265 e. The molecule has 3 aliphatic heterocycles. The van der Waals surface area contributed by atoms with Gasteiger partial charge in [0.05, 0.1) is 26.3 Å². The molecule has 0 saturated carbocycles. The second-order valence-electron chi connectivity index (χ2n) is 13.9. The van der Waals surface area contributed by atoms with Crippen molar-refractivity contribution in [1.29, 1.82) is 0 Å². The first kappa shape index (κ1) is 34.3. The minimum atomic E-state index is -0.857. The molecule has 0 radical (unpaired) electrons. The van der Waals surface area contributed by atoms with Crippen LogP contribution in [-0.2, 0) is 11.2 Å². The highest BCUT2D eigenvalue weighted by Crippen LogP contribution is 2.44. The number of aromatic nitrogens is 1. The van der Waals surface area contributed by atoms with E-state index in [9.17, 15) is 23.2 Å². The van der Waals surface area contributed by atoms with Crippen molar-refractivity contribution in [2.75, 3.05) is 53.3 Å². The van der Waals surface area contributed by atoms with Gasteiger partial charge >= 0.3 is 0 Å². The molecule has 0 atom stereocenters. The molecule has 2 fully saturated rings. The monoisotopic (exact) mass is 761 g/mol. The Bertz CT molecular complexity index is 2430. The molecular formula is C41H33F2N5O4S2. The smallest absolute Gasteiger partial charge is 0.265 e. The van der Waals surface area contributed by atoms with E-state index >= 15 is 0 Å². The molecule has 3 amide bonds. The number of anilines is 4. The van der Waals surface area contributed by atoms with Crippen LogP contribution >= 0.6 is 22.7 Å². The number of para-hydroxylation sites is 2. The molecule has 0 bridgehead atoms. The summed E-state index contributed by atoms with van der Waals surface area (Å²) < 4.78 is 35.0. The van der Waals surface area contributed by atoms with E-state index in [2.05, 4.69) is 15.5 Å². The van der Waals surface area contributed by atoms with Crippen molar-refractivity contribution in [3.05, 3.63) is 124 Å². The summed E-state index contributed by atoms with van der Waals surface area (Å²) in [7, 11) is 0. The number of fused-ring (bicyclic) bond motifs is 4. The highest BCUT2D eigenvalue weighted by Gasteiger charge is 2.45. The van der Waals surface area contributed by atoms with E-state index in [-0.39, 0.29) is 17.2 Å². The third-order valence-electron chi connectivity index (χ3n) is 10.5. The Kier molecular flexibility index (Phi) is 8.71. The summed E-state index contributed by atoms with van der Waals surface area (Å²) in [4.78, 5) is 50.9. The normalized spacial score (nSPS) is 16.0. The molecule has 3 aromatic heterocycles. The number of thiophene rings is 2. The summed E-state index contributed by atoms with van der Waals surface area (Å²) in [5, 5.41) is 7.37. The molecule has 272 valence electrons. The van der Waals surface area contributed by atoms with Gasteiger partial charge in [0.15, 0.2) is 0 Å². The Morgan fingerprint density at radius 1 is 0.852 bits per heavy atom. The molecule has 9 rings (SSSR count). The SMILES string of the molecule is O=C(Nc1c(F)cccc1F)c1cc2c(s1)-c1ccccc1N(C(=O)c1ccc(NC(=O)c3cc4sccc4nc3N3CC4(CCOCC4)C3)cc1)CC2. The Labute approximate surface area is 317 Å². The molecule has 13 heteroatoms. The number of ether oxygens (including phenoxy) is 1. The summed E-state index contributed by atoms with van der Waals surface area (Å²) >= 11 is 2.76. The van der Waals surface area contributed by atoms with Crippen LogP contribution < -0.4 is 20.4 Å². The third kappa shape index (κ3) is 6.21. The van der Waals surface area contributed by atoms with Gasteiger partial charge in [-0.2, -0.15) is 0 Å². The number of nitrogens with zero attached hydrogens (tertiary/aromatic N) is 3. The topological polar surface area (TPSA) is 104 Å². The zero-order valence-electron chi connectivity index (χ0n) is 28.9. The summed E-state index contributed by atoms with van der Waals surface area (Å²) in [5.41, 5.74) is 4.43. The van der Waals surface area contributed by atoms with E-state index in [1.165, 1.54) is 17.4 Å². The molecule has 0 unspecified atom stereocenters. The number of amides is 3. The lowest BCUT2D eigenvalue weighted by Gasteiger charge is -2.53. The minimum absolute atomic E-state index is 0.210. The number of nitrogens with one attached hydrogen (secondary N) is 2. The van der Waals surface area contributed by atoms with Crippen LogP contribution in [0.4, 0.5) is 31.7 Å². The van der Waals surface area contributed by atoms with E-state index < -0.39 is 23.2 Å². The lowest BCUT2D eigenvalue weighted by molar-refractivity contribution is -0.000491. The van der Waals surface area contributed by atoms with Crippen LogP contribution in [0.1, 0.15) is 48.8 Å². The number of carbonyl (C=O) groups excluding carboxylic acids is 3. The van der Waals surface area contributed by atoms with Crippen LogP contribution in [-0.4, -0.2) is 55.6 Å². The number of pyridine rings is 1. The van der Waals surface area contributed by atoms with Gasteiger partial charge in [-0.15, -0.1) is 22.7 Å². The van der Waals surface area contributed by atoms with Gasteiger partial charge in [-0.3, -0.25) is 14.4 Å². The van der Waals surface area contributed by atoms with E-state index in [0.29, 0.717) is 46.2 Å². The van der Waals surface area contributed by atoms with Crippen molar-refractivity contribution in [1.82, 2.24) is 4.98 Å². The molecular weight excluding hydrogens is 729 g/mol. The van der Waals surface area contributed by atoms with Crippen molar-refractivity contribution in [2.45, 2.75) is 19.3 Å². The summed E-state index contributed by atoms with van der Waals surface area (Å²) in [6, 6.07) is 23.4. The molecule has 9 nitrogen and oxygen atoms in total. The van der Waals surface area contributed by atoms with Gasteiger partial charge in [0.25, 0.3) is 17.7 Å². The van der Waals surface area contributed by atoms with Gasteiger partial charge in [0, 0.05) is 60.0 Å². The molecule has 2 N–H and O–H groups in total. The average molecular weight is 762 g/mol. The van der Waals surface area contributed by atoms with Crippen LogP contribution in [0.2, 0.25) is 0 Å². The number of carbonyl (C=O) groups is 3. The van der Waals surface area contributed by atoms with Crippen LogP contribution in [0.5, 0.6) is 0 Å². The number of rotatable bonds is 6. The largest absolute Gasteiger partial charge is 0.381 e. The summed E-state index contributed by atoms with van der Waals surface area (Å²) in [6.45, 7) is 3.56. The van der Waals surface area contributed by atoms with E-state index in [1.54, 1.807) is 46.6 Å². The zero-order valence-corrected chi connectivity index (χ0v) is 30.5. The van der Waals surface area contributed by atoms with Crippen molar-refractivity contribution in [3.63, 3.8) is 0 Å². The van der Waals surface area contributed by atoms with Gasteiger partial charge in [-0.05, 0) is 90.9 Å². The minimum Gasteiger partial charge on any atom is -0.381 e. The standard InChI is InChI=1S/C41H33F2N5O4S2/c42-29-5-3-6-30(43)35(29)46-39(50)34-20-25-12-16-48(32-7-2-1-4-27(32)36(25)54-34)40(51)24-8-10-26(11-9-24)44-38(49)28-21-33-31(13-19-53-33)45-37(28)47-22-41(23-47)14-17-52-18-15-41/h1-11,13,19-21H,12,14-18,22-23H2,(H,44,49)(H,46,50). The molecule has 6 aromatic rings. The van der Waals surface area contributed by atoms with E-state index in [4.69, 9.17) is 9.72 Å². The second-order valence-corrected chi connectivity index (χ2v) is 15.9. The fraction of sp³-hybridized carbons (Fsp3) is 0.220. The van der Waals surface area contributed by atoms with Gasteiger partial charge in [-0.1, -0.05) is 24.3 Å².